The molecule has 1 aliphatic carbocycles. The zero-order valence-corrected chi connectivity index (χ0v) is 27.5. The highest BCUT2D eigenvalue weighted by molar-refractivity contribution is 6.55. The molecule has 0 saturated carbocycles. The van der Waals surface area contributed by atoms with Crippen molar-refractivity contribution in [1.82, 2.24) is 15.0 Å². The van der Waals surface area contributed by atoms with Crippen LogP contribution in [-0.4, -0.2) is 26.4 Å². The van der Waals surface area contributed by atoms with Gasteiger partial charge in [0.05, 0.1) is 11.4 Å². The topological polar surface area (TPSA) is 86.9 Å². The van der Waals surface area contributed by atoms with Crippen LogP contribution in [0.4, 0.5) is 5.69 Å². The number of benzene rings is 7. The molecule has 0 radical (unpaired) electrons. The fraction of sp³-hybridized carbons (Fsp3) is 0. The molecule has 0 atom stereocenters. The number of hydrogen-bond acceptors (Lipinski definition) is 6. The van der Waals surface area contributed by atoms with Crippen molar-refractivity contribution in [3.63, 3.8) is 0 Å². The minimum absolute atomic E-state index is 0.350. The predicted octanol–water partition coefficient (Wildman–Crippen LogP) is 10.7. The molecule has 6 nitrogen and oxygen atoms in total. The average Bonchev–Trinajstić information content (AvgIpc) is 3.20. The van der Waals surface area contributed by atoms with Crippen LogP contribution >= 0.6 is 0 Å². The molecule has 9 rings (SSSR count). The van der Waals surface area contributed by atoms with E-state index < -0.39 is 0 Å². The molecule has 0 spiro atoms. The molecule has 1 heterocycles. The summed E-state index contributed by atoms with van der Waals surface area (Å²) in [5, 5.41) is 17.8. The van der Waals surface area contributed by atoms with Gasteiger partial charge in [-0.15, -0.1) is 0 Å². The molecule has 7 aromatic carbocycles. The molecular weight excluding hydrogens is 625 g/mol. The second-order valence-electron chi connectivity index (χ2n) is 12.5. The first-order valence-corrected chi connectivity index (χ1v) is 16.8. The van der Waals surface area contributed by atoms with Crippen LogP contribution in [0.25, 0.3) is 72.9 Å². The summed E-state index contributed by atoms with van der Waals surface area (Å²) in [7, 11) is 0. The van der Waals surface area contributed by atoms with Crippen molar-refractivity contribution < 1.29 is 0 Å². The second kappa shape index (κ2) is 12.8. The highest BCUT2D eigenvalue weighted by atomic mass is 15.3. The first-order valence-electron chi connectivity index (χ1n) is 16.8. The third kappa shape index (κ3) is 5.85. The largest absolute Gasteiger partial charge is 0.299 e. The van der Waals surface area contributed by atoms with E-state index in [1.54, 1.807) is 6.08 Å². The molecule has 51 heavy (non-hydrogen) atoms. The Hall–Kier alpha value is -7.05. The number of fused-ring (bicyclic) bond motifs is 4. The van der Waals surface area contributed by atoms with Crippen LogP contribution in [-0.2, 0) is 0 Å². The Bertz CT molecular complexity index is 2680. The van der Waals surface area contributed by atoms with Crippen LogP contribution in [0.3, 0.4) is 0 Å². The normalized spacial score (nSPS) is 13.1. The van der Waals surface area contributed by atoms with Gasteiger partial charge in [-0.2, -0.15) is 5.10 Å². The number of nitrogens with one attached hydrogen (secondary N) is 2. The Morgan fingerprint density at radius 3 is 1.84 bits per heavy atom. The molecule has 2 N–H and O–H groups in total. The first-order chi connectivity index (χ1) is 25.2. The average molecular weight is 655 g/mol. The van der Waals surface area contributed by atoms with E-state index in [-0.39, 0.29) is 0 Å². The molecule has 0 fully saturated rings. The van der Waals surface area contributed by atoms with Crippen molar-refractivity contribution in [2.24, 2.45) is 5.10 Å². The van der Waals surface area contributed by atoms with Crippen molar-refractivity contribution in [3.05, 3.63) is 175 Å². The number of anilines is 1. The van der Waals surface area contributed by atoms with Gasteiger partial charge in [-0.1, -0.05) is 133 Å². The smallest absolute Gasteiger partial charge is 0.164 e. The summed E-state index contributed by atoms with van der Waals surface area (Å²) in [6, 6.07) is 53.6. The van der Waals surface area contributed by atoms with Crippen molar-refractivity contribution in [2.45, 2.75) is 0 Å². The highest BCUT2D eigenvalue weighted by Gasteiger charge is 2.21. The van der Waals surface area contributed by atoms with Gasteiger partial charge in [-0.25, -0.2) is 15.0 Å². The van der Waals surface area contributed by atoms with Crippen LogP contribution in [0.5, 0.6) is 0 Å². The molecule has 0 aliphatic heterocycles. The number of rotatable bonds is 6. The summed E-state index contributed by atoms with van der Waals surface area (Å²) in [5.74, 6) is 1.80. The number of para-hydroxylation sites is 1. The van der Waals surface area contributed by atoms with Gasteiger partial charge in [-0.05, 0) is 74.6 Å². The Balaban J connectivity index is 1.15. The lowest BCUT2D eigenvalue weighted by Crippen LogP contribution is -2.19. The summed E-state index contributed by atoms with van der Waals surface area (Å²) in [4.78, 5) is 15.1. The van der Waals surface area contributed by atoms with Crippen molar-refractivity contribution in [1.29, 1.82) is 5.41 Å². The van der Waals surface area contributed by atoms with Gasteiger partial charge in [0.15, 0.2) is 17.5 Å². The summed E-state index contributed by atoms with van der Waals surface area (Å²) >= 11 is 0. The third-order valence-corrected chi connectivity index (χ3v) is 9.17. The Morgan fingerprint density at radius 1 is 0.451 bits per heavy atom. The lowest BCUT2D eigenvalue weighted by molar-refractivity contribution is 1.07. The summed E-state index contributed by atoms with van der Waals surface area (Å²) in [6.45, 7) is 0. The zero-order chi connectivity index (χ0) is 34.1. The number of allylic oxidation sites excluding steroid dienone is 1. The molecule has 0 bridgehead atoms. The monoisotopic (exact) mass is 654 g/mol. The van der Waals surface area contributed by atoms with Gasteiger partial charge in [0.2, 0.25) is 0 Å². The lowest BCUT2D eigenvalue weighted by Gasteiger charge is -2.17. The summed E-state index contributed by atoms with van der Waals surface area (Å²) < 4.78 is 0. The van der Waals surface area contributed by atoms with E-state index >= 15 is 0 Å². The van der Waals surface area contributed by atoms with Crippen LogP contribution in [0.15, 0.2) is 169 Å². The van der Waals surface area contributed by atoms with Gasteiger partial charge in [-0.3, -0.25) is 10.8 Å². The van der Waals surface area contributed by atoms with Crippen molar-refractivity contribution in [2.75, 3.05) is 5.43 Å². The Labute approximate surface area is 295 Å². The van der Waals surface area contributed by atoms with E-state index in [2.05, 4.69) is 96.4 Å². The van der Waals surface area contributed by atoms with Gasteiger partial charge in [0.1, 0.15) is 5.71 Å². The fourth-order valence-corrected chi connectivity index (χ4v) is 6.58. The molecule has 1 aromatic heterocycles. The molecule has 0 saturated heterocycles. The van der Waals surface area contributed by atoms with E-state index in [1.165, 1.54) is 10.8 Å². The van der Waals surface area contributed by atoms with E-state index in [9.17, 15) is 0 Å². The number of hydrazone groups is 1. The van der Waals surface area contributed by atoms with Gasteiger partial charge in [0.25, 0.3) is 0 Å². The standard InChI is InChI=1S/C45H30N6/c46-40-25-23-30-19-21-35-28-37(22-24-39(35)41(30)42(40)51-50-38-16-5-2-6-17-38)45-48-43(31-11-3-1-4-12-31)47-44(49-45)36-15-9-14-33(27-36)34-20-18-29-10-7-8-13-32(29)26-34/h1-28,46,50H/b46-40?,51-42+. The molecule has 0 unspecified atom stereocenters. The van der Waals surface area contributed by atoms with Gasteiger partial charge in [0, 0.05) is 22.3 Å². The first kappa shape index (κ1) is 30.0. The Kier molecular flexibility index (Phi) is 7.52. The fourth-order valence-electron chi connectivity index (χ4n) is 6.58. The maximum Gasteiger partial charge on any atom is 0.164 e. The second-order valence-corrected chi connectivity index (χ2v) is 12.5. The van der Waals surface area contributed by atoms with E-state index in [0.29, 0.717) is 28.9 Å². The van der Waals surface area contributed by atoms with Crippen LogP contribution < -0.4 is 5.43 Å². The molecule has 6 heteroatoms. The molecular formula is C45H30N6. The third-order valence-electron chi connectivity index (χ3n) is 9.17. The van der Waals surface area contributed by atoms with E-state index in [0.717, 1.165) is 55.4 Å². The maximum atomic E-state index is 8.73. The van der Waals surface area contributed by atoms with Gasteiger partial charge < -0.3 is 0 Å². The maximum absolute atomic E-state index is 8.73. The zero-order valence-electron chi connectivity index (χ0n) is 27.5. The SMILES string of the molecule is N=C1C=Cc2ccc3cc(-c4nc(-c5ccccc5)nc(-c5cccc(-c6ccc7ccccc7c6)c5)n4)ccc3c2/C1=N/Nc1ccccc1. The number of nitrogens with zero attached hydrogens (tertiary/aromatic N) is 4. The van der Waals surface area contributed by atoms with Crippen molar-refractivity contribution in [3.8, 4) is 45.3 Å². The van der Waals surface area contributed by atoms with Crippen LogP contribution in [0.2, 0.25) is 0 Å². The van der Waals surface area contributed by atoms with Crippen LogP contribution in [0, 0.1) is 5.41 Å². The quantitative estimate of drug-likeness (QED) is 0.175. The summed E-state index contributed by atoms with van der Waals surface area (Å²) in [6.07, 6.45) is 3.77. The predicted molar refractivity (Wildman–Crippen MR) is 210 cm³/mol. The molecule has 240 valence electrons. The summed E-state index contributed by atoms with van der Waals surface area (Å²) in [5.41, 5.74) is 11.8. The van der Waals surface area contributed by atoms with E-state index in [4.69, 9.17) is 25.5 Å². The highest BCUT2D eigenvalue weighted by Crippen LogP contribution is 2.33. The lowest BCUT2D eigenvalue weighted by atomic mass is 9.89. The number of aromatic nitrogens is 3. The molecule has 0 amide bonds. The minimum atomic E-state index is 0.350. The van der Waals surface area contributed by atoms with Gasteiger partial charge >= 0.3 is 0 Å². The van der Waals surface area contributed by atoms with Crippen molar-refractivity contribution >= 4 is 44.7 Å². The minimum Gasteiger partial charge on any atom is -0.299 e. The Morgan fingerprint density at radius 2 is 1.04 bits per heavy atom. The van der Waals surface area contributed by atoms with Crippen LogP contribution in [0.1, 0.15) is 11.1 Å². The van der Waals surface area contributed by atoms with E-state index in [1.807, 2.05) is 72.8 Å². The number of hydrogen-bond donors (Lipinski definition) is 2. The molecule has 1 aliphatic rings. The molecule has 8 aromatic rings.